The average molecular weight is 433 g/mol. The first-order valence-corrected chi connectivity index (χ1v) is 11.9. The summed E-state index contributed by atoms with van der Waals surface area (Å²) in [4.78, 5) is 18.3. The quantitative estimate of drug-likeness (QED) is 0.479. The molecule has 4 rings (SSSR count). The van der Waals surface area contributed by atoms with Crippen LogP contribution in [0.4, 0.5) is 5.69 Å². The van der Waals surface area contributed by atoms with Crippen LogP contribution < -0.4 is 15.5 Å². The molecule has 1 aliphatic rings. The topological polar surface area (TPSA) is 60.2 Å². The zero-order valence-corrected chi connectivity index (χ0v) is 19.5. The fraction of sp³-hybridized carbons (Fsp3) is 0.444. The number of carbonyl (C=O) groups is 1. The molecule has 1 aromatic heterocycles. The highest BCUT2D eigenvalue weighted by Gasteiger charge is 2.23. The summed E-state index contributed by atoms with van der Waals surface area (Å²) in [6.45, 7) is 2.67. The second-order valence-corrected chi connectivity index (χ2v) is 9.30. The molecule has 1 amide bonds. The third-order valence-corrected chi connectivity index (χ3v) is 6.78. The SMILES string of the molecule is C[C@@H](NC[C@@H](c1ccc(N(C)C)cc1)c1c[nH]c2ccccc12)C(=O)NC1CCCCC1. The molecule has 3 aromatic rings. The third kappa shape index (κ3) is 5.16. The Hall–Kier alpha value is -2.79. The summed E-state index contributed by atoms with van der Waals surface area (Å²) < 4.78 is 0. The molecule has 0 aliphatic heterocycles. The highest BCUT2D eigenvalue weighted by molar-refractivity contribution is 5.84. The number of carbonyl (C=O) groups excluding carboxylic acids is 1. The van der Waals surface area contributed by atoms with Crippen LogP contribution in [0.5, 0.6) is 0 Å². The minimum atomic E-state index is -0.231. The first-order chi connectivity index (χ1) is 15.5. The number of H-pyrrole nitrogens is 1. The average Bonchev–Trinajstić information content (AvgIpc) is 3.24. The van der Waals surface area contributed by atoms with E-state index in [1.807, 2.05) is 6.92 Å². The van der Waals surface area contributed by atoms with E-state index in [2.05, 4.69) is 89.3 Å². The van der Waals surface area contributed by atoms with Gasteiger partial charge in [-0.2, -0.15) is 0 Å². The van der Waals surface area contributed by atoms with Crippen molar-refractivity contribution >= 4 is 22.5 Å². The summed E-state index contributed by atoms with van der Waals surface area (Å²) in [6, 6.07) is 17.3. The first-order valence-electron chi connectivity index (χ1n) is 11.9. The molecule has 3 N–H and O–H groups in total. The lowest BCUT2D eigenvalue weighted by Crippen LogP contribution is -2.47. The number of nitrogens with one attached hydrogen (secondary N) is 3. The Kier molecular flexibility index (Phi) is 7.15. The number of rotatable bonds is 8. The molecule has 170 valence electrons. The molecule has 1 aliphatic carbocycles. The Bertz CT molecular complexity index is 1020. The molecule has 2 atom stereocenters. The van der Waals surface area contributed by atoms with Gasteiger partial charge in [0.05, 0.1) is 6.04 Å². The van der Waals surface area contributed by atoms with Crippen molar-refractivity contribution in [2.45, 2.75) is 57.0 Å². The molecular weight excluding hydrogens is 396 g/mol. The molecule has 1 saturated carbocycles. The second-order valence-electron chi connectivity index (χ2n) is 9.30. The van der Waals surface area contributed by atoms with E-state index < -0.39 is 0 Å². The van der Waals surface area contributed by atoms with Crippen LogP contribution in [0.15, 0.2) is 54.7 Å². The van der Waals surface area contributed by atoms with Crippen LogP contribution in [0, 0.1) is 0 Å². The number of para-hydroxylation sites is 1. The first kappa shape index (κ1) is 22.4. The number of hydrogen-bond donors (Lipinski definition) is 3. The van der Waals surface area contributed by atoms with Gasteiger partial charge in [0, 0.05) is 55.4 Å². The fourth-order valence-corrected chi connectivity index (χ4v) is 4.75. The zero-order valence-electron chi connectivity index (χ0n) is 19.5. The number of hydrogen-bond acceptors (Lipinski definition) is 3. The Morgan fingerprint density at radius 3 is 2.50 bits per heavy atom. The van der Waals surface area contributed by atoms with Gasteiger partial charge in [0.15, 0.2) is 0 Å². The van der Waals surface area contributed by atoms with E-state index in [9.17, 15) is 4.79 Å². The van der Waals surface area contributed by atoms with Gasteiger partial charge in [-0.05, 0) is 49.1 Å². The summed E-state index contributed by atoms with van der Waals surface area (Å²) >= 11 is 0. The van der Waals surface area contributed by atoms with Gasteiger partial charge in [-0.15, -0.1) is 0 Å². The summed E-state index contributed by atoms with van der Waals surface area (Å²) in [5.74, 6) is 0.254. The molecule has 5 heteroatoms. The van der Waals surface area contributed by atoms with Crippen molar-refractivity contribution in [3.63, 3.8) is 0 Å². The smallest absolute Gasteiger partial charge is 0.237 e. The molecular formula is C27H36N4O. The number of amides is 1. The largest absolute Gasteiger partial charge is 0.378 e. The Morgan fingerprint density at radius 1 is 1.06 bits per heavy atom. The summed E-state index contributed by atoms with van der Waals surface area (Å²) in [5.41, 5.74) is 4.82. The highest BCUT2D eigenvalue weighted by atomic mass is 16.2. The van der Waals surface area contributed by atoms with Crippen LogP contribution in [-0.4, -0.2) is 43.6 Å². The minimum Gasteiger partial charge on any atom is -0.378 e. The lowest BCUT2D eigenvalue weighted by molar-refractivity contribution is -0.123. The number of aromatic amines is 1. The Morgan fingerprint density at radius 2 is 1.78 bits per heavy atom. The number of nitrogens with zero attached hydrogens (tertiary/aromatic N) is 1. The Balaban J connectivity index is 1.52. The van der Waals surface area contributed by atoms with Crippen molar-refractivity contribution in [1.29, 1.82) is 0 Å². The molecule has 1 fully saturated rings. The predicted octanol–water partition coefficient (Wildman–Crippen LogP) is 4.79. The van der Waals surface area contributed by atoms with Gasteiger partial charge in [0.2, 0.25) is 5.91 Å². The van der Waals surface area contributed by atoms with Crippen LogP contribution >= 0.6 is 0 Å². The van der Waals surface area contributed by atoms with E-state index in [0.29, 0.717) is 12.6 Å². The highest BCUT2D eigenvalue weighted by Crippen LogP contribution is 2.31. The van der Waals surface area contributed by atoms with E-state index in [1.165, 1.54) is 41.5 Å². The van der Waals surface area contributed by atoms with Gasteiger partial charge >= 0.3 is 0 Å². The van der Waals surface area contributed by atoms with E-state index >= 15 is 0 Å². The van der Waals surface area contributed by atoms with Crippen molar-refractivity contribution in [3.05, 3.63) is 65.9 Å². The summed E-state index contributed by atoms with van der Waals surface area (Å²) in [5, 5.41) is 8.01. The van der Waals surface area contributed by atoms with Gasteiger partial charge in [0.1, 0.15) is 0 Å². The van der Waals surface area contributed by atoms with Crippen LogP contribution in [-0.2, 0) is 4.79 Å². The van der Waals surface area contributed by atoms with Crippen LogP contribution in [0.1, 0.15) is 56.1 Å². The molecule has 5 nitrogen and oxygen atoms in total. The van der Waals surface area contributed by atoms with E-state index in [0.717, 1.165) is 18.4 Å². The van der Waals surface area contributed by atoms with Gasteiger partial charge in [0.25, 0.3) is 0 Å². The molecule has 1 heterocycles. The van der Waals surface area contributed by atoms with E-state index in [-0.39, 0.29) is 17.9 Å². The van der Waals surface area contributed by atoms with E-state index in [1.54, 1.807) is 0 Å². The van der Waals surface area contributed by atoms with Crippen LogP contribution in [0.25, 0.3) is 10.9 Å². The monoisotopic (exact) mass is 432 g/mol. The summed E-state index contributed by atoms with van der Waals surface area (Å²) in [7, 11) is 4.11. The molecule has 32 heavy (non-hydrogen) atoms. The maximum absolute atomic E-state index is 12.8. The maximum Gasteiger partial charge on any atom is 0.237 e. The lowest BCUT2D eigenvalue weighted by atomic mass is 9.90. The van der Waals surface area contributed by atoms with Gasteiger partial charge in [-0.25, -0.2) is 0 Å². The third-order valence-electron chi connectivity index (χ3n) is 6.78. The van der Waals surface area contributed by atoms with Crippen molar-refractivity contribution in [3.8, 4) is 0 Å². The van der Waals surface area contributed by atoms with Crippen molar-refractivity contribution < 1.29 is 4.79 Å². The number of aromatic nitrogens is 1. The zero-order chi connectivity index (χ0) is 22.5. The number of benzene rings is 2. The lowest BCUT2D eigenvalue weighted by Gasteiger charge is -2.26. The second kappa shape index (κ2) is 10.2. The molecule has 0 bridgehead atoms. The predicted molar refractivity (Wildman–Crippen MR) is 133 cm³/mol. The van der Waals surface area contributed by atoms with Gasteiger partial charge in [-0.3, -0.25) is 4.79 Å². The standard InChI is InChI=1S/C27H36N4O/c1-19(27(32)30-21-9-5-4-6-10-21)28-17-24(20-13-15-22(16-14-20)31(2)3)25-18-29-26-12-8-7-11-23(25)26/h7-8,11-16,18-19,21,24,28-29H,4-6,9-10,17H2,1-3H3,(H,30,32)/t19-,24+/m1/s1. The summed E-state index contributed by atoms with van der Waals surface area (Å²) in [6.07, 6.45) is 8.06. The maximum atomic E-state index is 12.8. The minimum absolute atomic E-state index is 0.109. The van der Waals surface area contributed by atoms with Crippen LogP contribution in [0.2, 0.25) is 0 Å². The normalized spacial score (nSPS) is 16.6. The number of anilines is 1. The fourth-order valence-electron chi connectivity index (χ4n) is 4.75. The molecule has 0 radical (unpaired) electrons. The molecule has 0 saturated heterocycles. The van der Waals surface area contributed by atoms with Crippen LogP contribution in [0.3, 0.4) is 0 Å². The molecule has 0 spiro atoms. The van der Waals surface area contributed by atoms with Gasteiger partial charge < -0.3 is 20.5 Å². The van der Waals surface area contributed by atoms with Crippen molar-refractivity contribution in [2.24, 2.45) is 0 Å². The van der Waals surface area contributed by atoms with Gasteiger partial charge in [-0.1, -0.05) is 49.6 Å². The molecule has 0 unspecified atom stereocenters. The Labute approximate surface area is 191 Å². The van der Waals surface area contributed by atoms with Crippen molar-refractivity contribution in [1.82, 2.24) is 15.6 Å². The number of fused-ring (bicyclic) bond motifs is 1. The van der Waals surface area contributed by atoms with Crippen molar-refractivity contribution in [2.75, 3.05) is 25.5 Å². The van der Waals surface area contributed by atoms with E-state index in [4.69, 9.17) is 0 Å². The molecule has 2 aromatic carbocycles.